The van der Waals surface area contributed by atoms with E-state index in [0.29, 0.717) is 29.7 Å². The second kappa shape index (κ2) is 10.9. The number of anilines is 1. The Kier molecular flexibility index (Phi) is 7.94. The third-order valence-electron chi connectivity index (χ3n) is 5.47. The van der Waals surface area contributed by atoms with Crippen LogP contribution in [0.25, 0.3) is 0 Å². The lowest BCUT2D eigenvalue weighted by molar-refractivity contribution is -0.114. The predicted molar refractivity (Wildman–Crippen MR) is 117 cm³/mol. The molecule has 2 aromatic rings. The standard InChI is InChI=1S/C24H32N2O3/c1-19(27)25-22-10-11-23(24(18-22)28-2)29-17-7-6-14-26-15-12-21(13-16-26)20-8-4-3-5-9-20/h3-5,8-11,18,21H,6-7,12-17H2,1-2H3,(H,25,27). The molecule has 0 bridgehead atoms. The summed E-state index contributed by atoms with van der Waals surface area (Å²) in [6, 6.07) is 16.4. The highest BCUT2D eigenvalue weighted by atomic mass is 16.5. The molecule has 1 aliphatic heterocycles. The number of hydrogen-bond acceptors (Lipinski definition) is 4. The van der Waals surface area contributed by atoms with Gasteiger partial charge in [-0.2, -0.15) is 0 Å². The van der Waals surface area contributed by atoms with Crippen LogP contribution < -0.4 is 14.8 Å². The SMILES string of the molecule is COc1cc(NC(C)=O)ccc1OCCCCN1CCC(c2ccccc2)CC1. The van der Waals surface area contributed by atoms with E-state index in [1.54, 1.807) is 13.2 Å². The van der Waals surface area contributed by atoms with Crippen LogP contribution in [0.2, 0.25) is 0 Å². The summed E-state index contributed by atoms with van der Waals surface area (Å²) in [5, 5.41) is 2.75. The number of unbranched alkanes of at least 4 members (excludes halogenated alkanes) is 1. The number of nitrogens with zero attached hydrogens (tertiary/aromatic N) is 1. The fourth-order valence-corrected chi connectivity index (χ4v) is 3.90. The van der Waals surface area contributed by atoms with Crippen LogP contribution in [-0.2, 0) is 4.79 Å². The average molecular weight is 397 g/mol. The molecule has 2 aromatic carbocycles. The summed E-state index contributed by atoms with van der Waals surface area (Å²) in [6.45, 7) is 5.64. The molecule has 0 radical (unpaired) electrons. The second-order valence-electron chi connectivity index (χ2n) is 7.63. The van der Waals surface area contributed by atoms with Crippen molar-refractivity contribution in [1.29, 1.82) is 0 Å². The van der Waals surface area contributed by atoms with Crippen LogP contribution in [0.1, 0.15) is 44.1 Å². The smallest absolute Gasteiger partial charge is 0.221 e. The maximum atomic E-state index is 11.2. The van der Waals surface area contributed by atoms with E-state index in [-0.39, 0.29) is 5.91 Å². The lowest BCUT2D eigenvalue weighted by atomic mass is 9.89. The lowest BCUT2D eigenvalue weighted by Crippen LogP contribution is -2.33. The minimum Gasteiger partial charge on any atom is -0.493 e. The maximum absolute atomic E-state index is 11.2. The van der Waals surface area contributed by atoms with E-state index in [4.69, 9.17) is 9.47 Å². The van der Waals surface area contributed by atoms with Gasteiger partial charge in [-0.1, -0.05) is 30.3 Å². The summed E-state index contributed by atoms with van der Waals surface area (Å²) in [6.07, 6.45) is 4.63. The fourth-order valence-electron chi connectivity index (χ4n) is 3.90. The number of nitrogens with one attached hydrogen (secondary N) is 1. The van der Waals surface area contributed by atoms with Crippen molar-refractivity contribution in [3.8, 4) is 11.5 Å². The Morgan fingerprint density at radius 2 is 1.83 bits per heavy atom. The van der Waals surface area contributed by atoms with Crippen molar-refractivity contribution >= 4 is 11.6 Å². The first-order valence-electron chi connectivity index (χ1n) is 10.5. The van der Waals surface area contributed by atoms with Crippen LogP contribution in [0.3, 0.4) is 0 Å². The van der Waals surface area contributed by atoms with E-state index in [0.717, 1.165) is 19.4 Å². The van der Waals surface area contributed by atoms with Gasteiger partial charge < -0.3 is 19.7 Å². The van der Waals surface area contributed by atoms with Crippen LogP contribution in [0.4, 0.5) is 5.69 Å². The van der Waals surface area contributed by atoms with E-state index >= 15 is 0 Å². The van der Waals surface area contributed by atoms with Crippen LogP contribution in [0.15, 0.2) is 48.5 Å². The highest BCUT2D eigenvalue weighted by Crippen LogP contribution is 2.30. The Bertz CT molecular complexity index is 771. The van der Waals surface area contributed by atoms with Gasteiger partial charge in [0, 0.05) is 18.7 Å². The Balaban J connectivity index is 1.35. The summed E-state index contributed by atoms with van der Waals surface area (Å²) >= 11 is 0. The predicted octanol–water partition coefficient (Wildman–Crippen LogP) is 4.69. The Labute approximate surface area is 174 Å². The van der Waals surface area contributed by atoms with E-state index in [9.17, 15) is 4.79 Å². The van der Waals surface area contributed by atoms with E-state index in [2.05, 4.69) is 40.5 Å². The van der Waals surface area contributed by atoms with Crippen LogP contribution >= 0.6 is 0 Å². The molecule has 1 heterocycles. The average Bonchev–Trinajstić information content (AvgIpc) is 2.75. The summed E-state index contributed by atoms with van der Waals surface area (Å²) in [5.41, 5.74) is 2.19. The molecule has 0 saturated carbocycles. The monoisotopic (exact) mass is 396 g/mol. The number of likely N-dealkylation sites (tertiary alicyclic amines) is 1. The number of methoxy groups -OCH3 is 1. The quantitative estimate of drug-likeness (QED) is 0.625. The van der Waals surface area contributed by atoms with Crippen molar-refractivity contribution in [1.82, 2.24) is 4.90 Å². The van der Waals surface area contributed by atoms with Gasteiger partial charge in [0.1, 0.15) is 0 Å². The van der Waals surface area contributed by atoms with Gasteiger partial charge in [-0.15, -0.1) is 0 Å². The molecule has 0 unspecified atom stereocenters. The molecule has 5 heteroatoms. The zero-order valence-electron chi connectivity index (χ0n) is 17.5. The van der Waals surface area contributed by atoms with E-state index in [1.807, 2.05) is 12.1 Å². The minimum absolute atomic E-state index is 0.103. The first kappa shape index (κ1) is 21.2. The van der Waals surface area contributed by atoms with Crippen molar-refractivity contribution < 1.29 is 14.3 Å². The first-order valence-corrected chi connectivity index (χ1v) is 10.5. The lowest BCUT2D eigenvalue weighted by Gasteiger charge is -2.32. The molecular weight excluding hydrogens is 364 g/mol. The number of amides is 1. The third kappa shape index (κ3) is 6.50. The van der Waals surface area contributed by atoms with Gasteiger partial charge in [0.15, 0.2) is 11.5 Å². The number of ether oxygens (including phenoxy) is 2. The third-order valence-corrected chi connectivity index (χ3v) is 5.47. The molecule has 0 aromatic heterocycles. The Morgan fingerprint density at radius 1 is 1.07 bits per heavy atom. The normalized spacial score (nSPS) is 15.1. The van der Waals surface area contributed by atoms with Gasteiger partial charge in [0.25, 0.3) is 0 Å². The summed E-state index contributed by atoms with van der Waals surface area (Å²) in [4.78, 5) is 13.7. The topological polar surface area (TPSA) is 50.8 Å². The van der Waals surface area contributed by atoms with Gasteiger partial charge in [-0.25, -0.2) is 0 Å². The summed E-state index contributed by atoms with van der Waals surface area (Å²) < 4.78 is 11.3. The van der Waals surface area contributed by atoms with Crippen molar-refractivity contribution in [3.63, 3.8) is 0 Å². The molecule has 1 aliphatic rings. The molecule has 1 amide bonds. The van der Waals surface area contributed by atoms with Crippen molar-refractivity contribution in [2.24, 2.45) is 0 Å². The summed E-state index contributed by atoms with van der Waals surface area (Å²) in [7, 11) is 1.61. The second-order valence-corrected chi connectivity index (χ2v) is 7.63. The number of piperidine rings is 1. The van der Waals surface area contributed by atoms with Crippen molar-refractivity contribution in [3.05, 3.63) is 54.1 Å². The fraction of sp³-hybridized carbons (Fsp3) is 0.458. The number of hydrogen-bond donors (Lipinski definition) is 1. The van der Waals surface area contributed by atoms with Gasteiger partial charge in [-0.3, -0.25) is 4.79 Å². The van der Waals surface area contributed by atoms with Crippen LogP contribution in [0.5, 0.6) is 11.5 Å². The molecule has 5 nitrogen and oxygen atoms in total. The molecule has 1 fully saturated rings. The van der Waals surface area contributed by atoms with Crippen molar-refractivity contribution in [2.45, 2.75) is 38.5 Å². The Hall–Kier alpha value is -2.53. The Morgan fingerprint density at radius 3 is 2.52 bits per heavy atom. The molecule has 0 spiro atoms. The van der Waals surface area contributed by atoms with Crippen molar-refractivity contribution in [2.75, 3.05) is 38.7 Å². The van der Waals surface area contributed by atoms with Crippen LogP contribution in [0, 0.1) is 0 Å². The highest BCUT2D eigenvalue weighted by molar-refractivity contribution is 5.89. The molecule has 3 rings (SSSR count). The number of carbonyl (C=O) groups is 1. The van der Waals surface area contributed by atoms with E-state index < -0.39 is 0 Å². The van der Waals surface area contributed by atoms with Gasteiger partial charge in [0.2, 0.25) is 5.91 Å². The molecule has 0 atom stereocenters. The molecule has 1 saturated heterocycles. The molecular formula is C24H32N2O3. The largest absolute Gasteiger partial charge is 0.493 e. The molecule has 29 heavy (non-hydrogen) atoms. The van der Waals surface area contributed by atoms with E-state index in [1.165, 1.54) is 38.4 Å². The molecule has 156 valence electrons. The molecule has 0 aliphatic carbocycles. The zero-order valence-corrected chi connectivity index (χ0v) is 17.5. The van der Waals surface area contributed by atoms with Crippen LogP contribution in [-0.4, -0.2) is 44.2 Å². The highest BCUT2D eigenvalue weighted by Gasteiger charge is 2.19. The maximum Gasteiger partial charge on any atom is 0.221 e. The number of benzene rings is 2. The minimum atomic E-state index is -0.103. The zero-order chi connectivity index (χ0) is 20.5. The van der Waals surface area contributed by atoms with Gasteiger partial charge in [0.05, 0.1) is 13.7 Å². The number of rotatable bonds is 9. The number of carbonyl (C=O) groups excluding carboxylic acids is 1. The molecule has 1 N–H and O–H groups in total. The first-order chi connectivity index (χ1) is 14.2. The van der Waals surface area contributed by atoms with Gasteiger partial charge >= 0.3 is 0 Å². The summed E-state index contributed by atoms with van der Waals surface area (Å²) in [5.74, 6) is 1.96. The van der Waals surface area contributed by atoms with Gasteiger partial charge in [-0.05, 0) is 68.9 Å².